The van der Waals surface area contributed by atoms with Crippen molar-refractivity contribution in [3.63, 3.8) is 0 Å². The molecule has 0 aliphatic carbocycles. The largest absolute Gasteiger partial charge is 0.325 e. The molecule has 3 aromatic carbocycles. The van der Waals surface area contributed by atoms with Gasteiger partial charge in [0, 0.05) is 18.8 Å². The lowest BCUT2D eigenvalue weighted by molar-refractivity contribution is -0.113. The maximum atomic E-state index is 13.4. The molecule has 0 radical (unpaired) electrons. The molecule has 1 amide bonds. The van der Waals surface area contributed by atoms with Crippen molar-refractivity contribution in [1.82, 2.24) is 13.9 Å². The van der Waals surface area contributed by atoms with E-state index in [9.17, 15) is 18.0 Å². The number of nitrogens with one attached hydrogen (secondary N) is 1. The number of para-hydroxylation sites is 1. The summed E-state index contributed by atoms with van der Waals surface area (Å²) in [6, 6.07) is 20.9. The van der Waals surface area contributed by atoms with Crippen LogP contribution in [-0.4, -0.2) is 47.0 Å². The summed E-state index contributed by atoms with van der Waals surface area (Å²) in [5.41, 5.74) is 2.60. The van der Waals surface area contributed by atoms with Crippen LogP contribution in [0.2, 0.25) is 0 Å². The molecule has 4 aromatic rings. The van der Waals surface area contributed by atoms with Gasteiger partial charge in [-0.1, -0.05) is 48.0 Å². The molecular weight excluding hydrogens is 520 g/mol. The Kier molecular flexibility index (Phi) is 7.64. The average molecular weight is 549 g/mol. The molecule has 10 heteroatoms. The average Bonchev–Trinajstić information content (AvgIpc) is 2.93. The lowest BCUT2D eigenvalue weighted by Crippen LogP contribution is -2.35. The third-order valence-corrected chi connectivity index (χ3v) is 9.31. The van der Waals surface area contributed by atoms with E-state index in [0.29, 0.717) is 40.5 Å². The zero-order chi connectivity index (χ0) is 26.7. The molecule has 2 heterocycles. The molecule has 8 nitrogen and oxygen atoms in total. The van der Waals surface area contributed by atoms with E-state index in [-0.39, 0.29) is 22.1 Å². The molecule has 196 valence electrons. The number of sulfonamides is 1. The first-order valence-electron chi connectivity index (χ1n) is 12.4. The fraction of sp³-hybridized carbons (Fsp3) is 0.250. The second-order valence-electron chi connectivity index (χ2n) is 9.21. The van der Waals surface area contributed by atoms with Gasteiger partial charge in [-0.05, 0) is 68.3 Å². The molecule has 1 fully saturated rings. The van der Waals surface area contributed by atoms with E-state index < -0.39 is 10.0 Å². The zero-order valence-electron chi connectivity index (χ0n) is 21.0. The molecular formula is C28H28N4O4S2. The van der Waals surface area contributed by atoms with Crippen molar-refractivity contribution in [3.05, 3.63) is 88.7 Å². The van der Waals surface area contributed by atoms with Gasteiger partial charge in [0.25, 0.3) is 5.56 Å². The molecule has 1 aliphatic heterocycles. The third kappa shape index (κ3) is 5.52. The molecule has 1 saturated heterocycles. The molecule has 0 saturated carbocycles. The van der Waals surface area contributed by atoms with Crippen LogP contribution in [0.1, 0.15) is 24.8 Å². The van der Waals surface area contributed by atoms with Crippen LogP contribution in [0, 0.1) is 6.92 Å². The highest BCUT2D eigenvalue weighted by molar-refractivity contribution is 7.99. The molecule has 5 rings (SSSR count). The number of rotatable bonds is 7. The highest BCUT2D eigenvalue weighted by atomic mass is 32.2. The molecule has 1 N–H and O–H groups in total. The maximum Gasteiger partial charge on any atom is 0.266 e. The fourth-order valence-corrected chi connectivity index (χ4v) is 6.75. The normalized spacial score (nSPS) is 14.4. The number of nitrogens with zero attached hydrogens (tertiary/aromatic N) is 3. The van der Waals surface area contributed by atoms with Crippen LogP contribution in [0.25, 0.3) is 16.6 Å². The summed E-state index contributed by atoms with van der Waals surface area (Å²) in [7, 11) is -3.53. The predicted molar refractivity (Wildman–Crippen MR) is 150 cm³/mol. The number of thioether (sulfide) groups is 1. The number of fused-ring (bicyclic) bond motifs is 1. The van der Waals surface area contributed by atoms with Gasteiger partial charge in [0.1, 0.15) is 0 Å². The number of amides is 1. The number of carbonyl (C=O) groups excluding carboxylic acids is 1. The van der Waals surface area contributed by atoms with Crippen LogP contribution in [0.3, 0.4) is 0 Å². The molecule has 38 heavy (non-hydrogen) atoms. The van der Waals surface area contributed by atoms with Gasteiger partial charge in [0.15, 0.2) is 5.16 Å². The van der Waals surface area contributed by atoms with E-state index in [1.807, 2.05) is 37.3 Å². The van der Waals surface area contributed by atoms with Crippen molar-refractivity contribution >= 4 is 44.3 Å². The lowest BCUT2D eigenvalue weighted by Gasteiger charge is -2.25. The summed E-state index contributed by atoms with van der Waals surface area (Å²) in [4.78, 5) is 31.0. The van der Waals surface area contributed by atoms with Crippen LogP contribution in [0.5, 0.6) is 0 Å². The Morgan fingerprint density at radius 3 is 2.34 bits per heavy atom. The number of aryl methyl sites for hydroxylation is 1. The highest BCUT2D eigenvalue weighted by Crippen LogP contribution is 2.24. The molecule has 0 bridgehead atoms. The lowest BCUT2D eigenvalue weighted by atomic mass is 10.2. The molecule has 0 unspecified atom stereocenters. The number of hydrogen-bond acceptors (Lipinski definition) is 6. The second-order valence-corrected chi connectivity index (χ2v) is 12.1. The third-order valence-electron chi connectivity index (χ3n) is 6.46. The monoisotopic (exact) mass is 548 g/mol. The van der Waals surface area contributed by atoms with Gasteiger partial charge >= 0.3 is 0 Å². The Bertz CT molecular complexity index is 1630. The summed E-state index contributed by atoms with van der Waals surface area (Å²) >= 11 is 1.17. The van der Waals surface area contributed by atoms with Gasteiger partial charge in [-0.25, -0.2) is 13.4 Å². The smallest absolute Gasteiger partial charge is 0.266 e. The minimum atomic E-state index is -3.53. The Morgan fingerprint density at radius 1 is 0.947 bits per heavy atom. The highest BCUT2D eigenvalue weighted by Gasteiger charge is 2.25. The number of aromatic nitrogens is 2. The molecule has 0 atom stereocenters. The van der Waals surface area contributed by atoms with Crippen molar-refractivity contribution in [1.29, 1.82) is 0 Å². The standard InChI is InChI=1S/C28H28N4O4S2/c1-20-9-13-22(14-10-20)32-27(34)24-7-3-4-8-25(24)30-28(32)37-19-26(33)29-21-11-15-23(16-12-21)38(35,36)31-17-5-2-6-18-31/h3-4,7-16H,2,5-6,17-19H2,1H3,(H,29,33). The zero-order valence-corrected chi connectivity index (χ0v) is 22.6. The summed E-state index contributed by atoms with van der Waals surface area (Å²) < 4.78 is 28.8. The molecule has 1 aromatic heterocycles. The number of anilines is 1. The van der Waals surface area contributed by atoms with Crippen LogP contribution >= 0.6 is 11.8 Å². The Morgan fingerprint density at radius 2 is 1.63 bits per heavy atom. The summed E-state index contributed by atoms with van der Waals surface area (Å²) in [5, 5.41) is 3.72. The molecule has 1 aliphatic rings. The Labute approximate surface area is 225 Å². The van der Waals surface area contributed by atoms with E-state index in [4.69, 9.17) is 0 Å². The summed E-state index contributed by atoms with van der Waals surface area (Å²) in [6.45, 7) is 3.05. The van der Waals surface area contributed by atoms with Gasteiger partial charge in [0.2, 0.25) is 15.9 Å². The fourth-order valence-electron chi connectivity index (χ4n) is 4.42. The molecule has 0 spiro atoms. The van der Waals surface area contributed by atoms with E-state index in [1.54, 1.807) is 30.3 Å². The quantitative estimate of drug-likeness (QED) is 0.268. The van der Waals surface area contributed by atoms with Crippen LogP contribution in [-0.2, 0) is 14.8 Å². The van der Waals surface area contributed by atoms with E-state index in [0.717, 1.165) is 24.8 Å². The minimum Gasteiger partial charge on any atom is -0.325 e. The first-order chi connectivity index (χ1) is 18.3. The van der Waals surface area contributed by atoms with E-state index >= 15 is 0 Å². The number of carbonyl (C=O) groups is 1. The van der Waals surface area contributed by atoms with Gasteiger partial charge < -0.3 is 5.32 Å². The predicted octanol–water partition coefficient (Wildman–Crippen LogP) is 4.60. The SMILES string of the molecule is Cc1ccc(-n2c(SCC(=O)Nc3ccc(S(=O)(=O)N4CCCCC4)cc3)nc3ccccc3c2=O)cc1. The van der Waals surface area contributed by atoms with Crippen LogP contribution in [0.15, 0.2) is 87.6 Å². The van der Waals surface area contributed by atoms with Crippen molar-refractivity contribution < 1.29 is 13.2 Å². The van der Waals surface area contributed by atoms with E-state index in [2.05, 4.69) is 10.3 Å². The summed E-state index contributed by atoms with van der Waals surface area (Å²) in [5.74, 6) is -0.274. The van der Waals surface area contributed by atoms with Crippen LogP contribution < -0.4 is 10.9 Å². The number of piperidine rings is 1. The van der Waals surface area contributed by atoms with Crippen molar-refractivity contribution in [2.24, 2.45) is 0 Å². The van der Waals surface area contributed by atoms with E-state index in [1.165, 1.54) is 32.8 Å². The van der Waals surface area contributed by atoms with Crippen molar-refractivity contribution in [3.8, 4) is 5.69 Å². The Hall–Kier alpha value is -3.47. The van der Waals surface area contributed by atoms with Gasteiger partial charge in [-0.2, -0.15) is 4.31 Å². The maximum absolute atomic E-state index is 13.4. The number of benzene rings is 3. The first kappa shape index (κ1) is 26.1. The number of hydrogen-bond donors (Lipinski definition) is 1. The Balaban J connectivity index is 1.32. The second kappa shape index (κ2) is 11.1. The topological polar surface area (TPSA) is 101 Å². The van der Waals surface area contributed by atoms with Gasteiger partial charge in [0.05, 0.1) is 27.2 Å². The first-order valence-corrected chi connectivity index (χ1v) is 14.9. The van der Waals surface area contributed by atoms with Crippen molar-refractivity contribution in [2.75, 3.05) is 24.2 Å². The summed E-state index contributed by atoms with van der Waals surface area (Å²) in [6.07, 6.45) is 2.79. The van der Waals surface area contributed by atoms with Gasteiger partial charge in [-0.15, -0.1) is 0 Å². The van der Waals surface area contributed by atoms with Crippen LogP contribution in [0.4, 0.5) is 5.69 Å². The van der Waals surface area contributed by atoms with Crippen molar-refractivity contribution in [2.45, 2.75) is 36.2 Å². The minimum absolute atomic E-state index is 0.0183. The van der Waals surface area contributed by atoms with Gasteiger partial charge in [-0.3, -0.25) is 14.2 Å².